The van der Waals surface area contributed by atoms with E-state index in [1.54, 1.807) is 0 Å². The second-order valence-electron chi connectivity index (χ2n) is 7.47. The van der Waals surface area contributed by atoms with Gasteiger partial charge in [0.1, 0.15) is 10.8 Å². The van der Waals surface area contributed by atoms with E-state index in [-0.39, 0.29) is 6.61 Å². The maximum absolute atomic E-state index is 12.8. The second-order valence-corrected chi connectivity index (χ2v) is 8.55. The summed E-state index contributed by atoms with van der Waals surface area (Å²) in [6, 6.07) is 10.8. The minimum Gasteiger partial charge on any atom is -0.482 e. The van der Waals surface area contributed by atoms with Gasteiger partial charge in [-0.25, -0.2) is 9.78 Å². The summed E-state index contributed by atoms with van der Waals surface area (Å²) in [6.45, 7) is 4.35. The number of esters is 1. The lowest BCUT2D eigenvalue weighted by Crippen LogP contribution is -2.17. The molecule has 0 aliphatic heterocycles. The van der Waals surface area contributed by atoms with Crippen LogP contribution in [0.25, 0.3) is 10.6 Å². The first-order valence-corrected chi connectivity index (χ1v) is 11.1. The van der Waals surface area contributed by atoms with Crippen molar-refractivity contribution < 1.29 is 27.4 Å². The van der Waals surface area contributed by atoms with Crippen LogP contribution >= 0.6 is 11.3 Å². The lowest BCUT2D eigenvalue weighted by molar-refractivity contribution is -0.143. The van der Waals surface area contributed by atoms with Crippen LogP contribution in [0.3, 0.4) is 0 Å². The van der Waals surface area contributed by atoms with E-state index >= 15 is 0 Å². The van der Waals surface area contributed by atoms with E-state index in [1.807, 2.05) is 39.1 Å². The topological polar surface area (TPSA) is 51.7 Å². The molecular formula is C24H25F3N2O3S. The zero-order valence-electron chi connectivity index (χ0n) is 18.8. The maximum Gasteiger partial charge on any atom is 0.416 e. The fourth-order valence-corrected chi connectivity index (χ4v) is 4.34. The monoisotopic (exact) mass is 478 g/mol. The molecule has 0 saturated heterocycles. The molecule has 0 bridgehead atoms. The Bertz CT molecular complexity index is 1110. The van der Waals surface area contributed by atoms with Gasteiger partial charge in [0.2, 0.25) is 0 Å². The van der Waals surface area contributed by atoms with Crippen LogP contribution in [0.4, 0.5) is 18.9 Å². The minimum atomic E-state index is -4.36. The van der Waals surface area contributed by atoms with Crippen LogP contribution in [-0.4, -0.2) is 31.7 Å². The predicted molar refractivity (Wildman–Crippen MR) is 123 cm³/mol. The number of aryl methyl sites for hydroxylation is 2. The van der Waals surface area contributed by atoms with E-state index < -0.39 is 17.7 Å². The van der Waals surface area contributed by atoms with Gasteiger partial charge in [0.05, 0.1) is 24.9 Å². The Balaban J connectivity index is 1.74. The van der Waals surface area contributed by atoms with Gasteiger partial charge in [-0.05, 0) is 49.2 Å². The average molecular weight is 479 g/mol. The van der Waals surface area contributed by atoms with Crippen LogP contribution in [-0.2, 0) is 28.7 Å². The van der Waals surface area contributed by atoms with Crippen molar-refractivity contribution in [3.63, 3.8) is 0 Å². The number of hydrogen-bond acceptors (Lipinski definition) is 6. The Kier molecular flexibility index (Phi) is 7.63. The van der Waals surface area contributed by atoms with E-state index in [1.165, 1.54) is 30.6 Å². The molecule has 1 heterocycles. The van der Waals surface area contributed by atoms with E-state index in [4.69, 9.17) is 4.74 Å². The summed E-state index contributed by atoms with van der Waals surface area (Å²) in [7, 11) is 3.27. The lowest BCUT2D eigenvalue weighted by Gasteiger charge is -2.21. The van der Waals surface area contributed by atoms with Crippen molar-refractivity contribution in [3.8, 4) is 16.3 Å². The van der Waals surface area contributed by atoms with Gasteiger partial charge in [-0.2, -0.15) is 13.2 Å². The maximum atomic E-state index is 12.8. The molecule has 0 radical (unpaired) electrons. The van der Waals surface area contributed by atoms with Crippen molar-refractivity contribution in [2.24, 2.45) is 0 Å². The molecule has 0 N–H and O–H groups in total. The molecule has 33 heavy (non-hydrogen) atoms. The van der Waals surface area contributed by atoms with E-state index in [0.717, 1.165) is 40.4 Å². The molecule has 176 valence electrons. The summed E-state index contributed by atoms with van der Waals surface area (Å²) in [5.74, 6) is 0.196. The van der Waals surface area contributed by atoms with Crippen molar-refractivity contribution in [1.82, 2.24) is 4.98 Å². The normalized spacial score (nSPS) is 11.4. The zero-order valence-corrected chi connectivity index (χ0v) is 19.6. The fourth-order valence-electron chi connectivity index (χ4n) is 3.22. The van der Waals surface area contributed by atoms with Crippen molar-refractivity contribution in [2.45, 2.75) is 33.0 Å². The highest BCUT2D eigenvalue weighted by atomic mass is 32.1. The number of halogens is 3. The molecule has 5 nitrogen and oxygen atoms in total. The lowest BCUT2D eigenvalue weighted by atomic mass is 10.1. The van der Waals surface area contributed by atoms with Crippen LogP contribution in [0.15, 0.2) is 42.5 Å². The minimum absolute atomic E-state index is 0.147. The SMILES string of the molecule is CCc1cc(N(C)Cc2sc(-c3ccc(C(F)(F)F)cc3)nc2C)ccc1OCC(=O)OC. The summed E-state index contributed by atoms with van der Waals surface area (Å²) in [4.78, 5) is 19.0. The molecule has 0 saturated carbocycles. The van der Waals surface area contributed by atoms with Crippen molar-refractivity contribution in [1.29, 1.82) is 0 Å². The first-order valence-electron chi connectivity index (χ1n) is 10.3. The van der Waals surface area contributed by atoms with Gasteiger partial charge in [0.15, 0.2) is 6.61 Å². The van der Waals surface area contributed by atoms with Crippen molar-refractivity contribution in [3.05, 3.63) is 64.2 Å². The van der Waals surface area contributed by atoms with Gasteiger partial charge in [-0.15, -0.1) is 11.3 Å². The molecule has 1 aromatic heterocycles. The highest BCUT2D eigenvalue weighted by Gasteiger charge is 2.30. The number of carbonyl (C=O) groups excluding carboxylic acids is 1. The highest BCUT2D eigenvalue weighted by Crippen LogP contribution is 2.34. The first-order chi connectivity index (χ1) is 15.6. The van der Waals surface area contributed by atoms with Crippen LogP contribution < -0.4 is 9.64 Å². The molecule has 0 atom stereocenters. The summed E-state index contributed by atoms with van der Waals surface area (Å²) < 4.78 is 48.6. The molecule has 0 spiro atoms. The Morgan fingerprint density at radius 3 is 2.45 bits per heavy atom. The third kappa shape index (κ3) is 6.04. The standard InChI is InChI=1S/C24H25F3N2O3S/c1-5-16-12-19(10-11-20(16)32-14-22(30)31-4)29(3)13-21-15(2)28-23(33-21)17-6-8-18(9-7-17)24(25,26)27/h6-12H,5,13-14H2,1-4H3. The quantitative estimate of drug-likeness (QED) is 0.378. The van der Waals surface area contributed by atoms with Gasteiger partial charge in [0.25, 0.3) is 0 Å². The van der Waals surface area contributed by atoms with E-state index in [9.17, 15) is 18.0 Å². The number of benzene rings is 2. The van der Waals surface area contributed by atoms with Crippen LogP contribution in [0.2, 0.25) is 0 Å². The molecule has 3 rings (SSSR count). The van der Waals surface area contributed by atoms with E-state index in [0.29, 0.717) is 22.9 Å². The van der Waals surface area contributed by atoms with Gasteiger partial charge in [-0.1, -0.05) is 19.1 Å². The number of thiazole rings is 1. The molecule has 0 unspecified atom stereocenters. The molecular weight excluding hydrogens is 453 g/mol. The number of ether oxygens (including phenoxy) is 2. The third-order valence-corrected chi connectivity index (χ3v) is 6.36. The van der Waals surface area contributed by atoms with Crippen molar-refractivity contribution in [2.75, 3.05) is 25.7 Å². The smallest absolute Gasteiger partial charge is 0.416 e. The number of hydrogen-bond donors (Lipinski definition) is 0. The molecule has 0 fully saturated rings. The second kappa shape index (κ2) is 10.2. The van der Waals surface area contributed by atoms with Crippen LogP contribution in [0.5, 0.6) is 5.75 Å². The summed E-state index contributed by atoms with van der Waals surface area (Å²) >= 11 is 1.47. The summed E-state index contributed by atoms with van der Waals surface area (Å²) in [5, 5.41) is 0.686. The number of aromatic nitrogens is 1. The Morgan fingerprint density at radius 2 is 1.85 bits per heavy atom. The largest absolute Gasteiger partial charge is 0.482 e. The molecule has 9 heteroatoms. The summed E-state index contributed by atoms with van der Waals surface area (Å²) in [5.41, 5.74) is 2.77. The van der Waals surface area contributed by atoms with Crippen LogP contribution in [0, 0.1) is 6.92 Å². The number of anilines is 1. The van der Waals surface area contributed by atoms with Gasteiger partial charge >= 0.3 is 12.1 Å². The molecule has 0 aliphatic rings. The van der Waals surface area contributed by atoms with Gasteiger partial charge < -0.3 is 14.4 Å². The molecule has 0 amide bonds. The third-order valence-electron chi connectivity index (χ3n) is 5.17. The van der Waals surface area contributed by atoms with Gasteiger partial charge in [-0.3, -0.25) is 0 Å². The number of carbonyl (C=O) groups is 1. The highest BCUT2D eigenvalue weighted by molar-refractivity contribution is 7.15. The van der Waals surface area contributed by atoms with Gasteiger partial charge in [0, 0.05) is 23.2 Å². The van der Waals surface area contributed by atoms with Crippen molar-refractivity contribution >= 4 is 23.0 Å². The molecule has 3 aromatic rings. The Morgan fingerprint density at radius 1 is 1.15 bits per heavy atom. The zero-order chi connectivity index (χ0) is 24.2. The molecule has 0 aliphatic carbocycles. The molecule has 2 aromatic carbocycles. The first kappa shape index (κ1) is 24.6. The number of nitrogens with zero attached hydrogens (tertiary/aromatic N) is 2. The number of rotatable bonds is 8. The van der Waals surface area contributed by atoms with Crippen LogP contribution in [0.1, 0.15) is 28.6 Å². The average Bonchev–Trinajstić information content (AvgIpc) is 3.16. The predicted octanol–water partition coefficient (Wildman–Crippen LogP) is 5.89. The number of methoxy groups -OCH3 is 1. The van der Waals surface area contributed by atoms with E-state index in [2.05, 4.69) is 14.6 Å². The summed E-state index contributed by atoms with van der Waals surface area (Å²) in [6.07, 6.45) is -3.63. The Hall–Kier alpha value is -3.07. The number of alkyl halides is 3. The Labute approximate surface area is 194 Å². The fraction of sp³-hybridized carbons (Fsp3) is 0.333.